The van der Waals surface area contributed by atoms with Crippen molar-refractivity contribution in [3.63, 3.8) is 0 Å². The van der Waals surface area contributed by atoms with Crippen LogP contribution in [0.2, 0.25) is 0 Å². The van der Waals surface area contributed by atoms with Crippen molar-refractivity contribution in [3.05, 3.63) is 35.9 Å². The Hall–Kier alpha value is -0.900. The number of likely N-dealkylation sites (tertiary alicyclic amines) is 1. The number of hydrogen-bond donors (Lipinski definition) is 2. The fourth-order valence-corrected chi connectivity index (χ4v) is 2.84. The van der Waals surface area contributed by atoms with E-state index in [0.29, 0.717) is 6.04 Å². The Morgan fingerprint density at radius 3 is 2.60 bits per heavy atom. The van der Waals surface area contributed by atoms with Crippen molar-refractivity contribution in [1.29, 1.82) is 0 Å². The van der Waals surface area contributed by atoms with Crippen molar-refractivity contribution in [2.75, 3.05) is 26.2 Å². The summed E-state index contributed by atoms with van der Waals surface area (Å²) in [6.07, 6.45) is 6.50. The molecule has 0 amide bonds. The van der Waals surface area contributed by atoms with Crippen LogP contribution in [0, 0.1) is 0 Å². The average Bonchev–Trinajstić information content (AvgIpc) is 2.49. The molecule has 2 N–H and O–H groups in total. The van der Waals surface area contributed by atoms with Crippen molar-refractivity contribution < 1.29 is 0 Å². The zero-order chi connectivity index (χ0) is 14.0. The average molecular weight is 275 g/mol. The van der Waals surface area contributed by atoms with Gasteiger partial charge < -0.3 is 4.90 Å². The molecule has 1 saturated heterocycles. The molecule has 20 heavy (non-hydrogen) atoms. The lowest BCUT2D eigenvalue weighted by Gasteiger charge is -2.26. The van der Waals surface area contributed by atoms with Gasteiger partial charge in [0.15, 0.2) is 0 Å². The van der Waals surface area contributed by atoms with Crippen LogP contribution >= 0.6 is 0 Å². The lowest BCUT2D eigenvalue weighted by molar-refractivity contribution is 0.224. The van der Waals surface area contributed by atoms with Gasteiger partial charge in [-0.25, -0.2) is 0 Å². The Labute approximate surface area is 123 Å². The summed E-state index contributed by atoms with van der Waals surface area (Å²) in [5, 5.41) is 0. The zero-order valence-electron chi connectivity index (χ0n) is 12.8. The van der Waals surface area contributed by atoms with E-state index in [1.807, 2.05) is 0 Å². The van der Waals surface area contributed by atoms with Crippen molar-refractivity contribution in [2.45, 2.75) is 45.1 Å². The zero-order valence-corrected chi connectivity index (χ0v) is 12.8. The molecular formula is C17H29N3. The molecule has 3 heteroatoms. The maximum atomic E-state index is 3.40. The van der Waals surface area contributed by atoms with Gasteiger partial charge in [0.25, 0.3) is 0 Å². The van der Waals surface area contributed by atoms with E-state index in [0.717, 1.165) is 13.0 Å². The standard InChI is InChI=1S/C17H29N3/c1-16(15-17-9-4-2-5-10-17)19-18-11-8-14-20-12-6-3-7-13-20/h2,4-5,9-10,16,18-19H,3,6-8,11-15H2,1H3. The van der Waals surface area contributed by atoms with Crippen molar-refractivity contribution in [1.82, 2.24) is 15.8 Å². The highest BCUT2D eigenvalue weighted by Crippen LogP contribution is 2.08. The Morgan fingerprint density at radius 2 is 1.85 bits per heavy atom. The van der Waals surface area contributed by atoms with Crippen LogP contribution in [0.15, 0.2) is 30.3 Å². The Bertz CT molecular complexity index is 347. The number of hydrogen-bond acceptors (Lipinski definition) is 3. The lowest BCUT2D eigenvalue weighted by atomic mass is 10.1. The van der Waals surface area contributed by atoms with E-state index in [-0.39, 0.29) is 0 Å². The van der Waals surface area contributed by atoms with E-state index in [4.69, 9.17) is 0 Å². The summed E-state index contributed by atoms with van der Waals surface area (Å²) < 4.78 is 0. The number of nitrogens with zero attached hydrogens (tertiary/aromatic N) is 1. The normalized spacial score (nSPS) is 18.1. The molecule has 3 nitrogen and oxygen atoms in total. The number of nitrogens with one attached hydrogen (secondary N) is 2. The van der Waals surface area contributed by atoms with E-state index < -0.39 is 0 Å². The van der Waals surface area contributed by atoms with E-state index >= 15 is 0 Å². The van der Waals surface area contributed by atoms with Crippen LogP contribution in [0.5, 0.6) is 0 Å². The van der Waals surface area contributed by atoms with Gasteiger partial charge in [0.05, 0.1) is 0 Å². The van der Waals surface area contributed by atoms with Crippen LogP contribution in [-0.4, -0.2) is 37.1 Å². The molecule has 0 bridgehead atoms. The number of hydrazine groups is 1. The van der Waals surface area contributed by atoms with Gasteiger partial charge in [-0.1, -0.05) is 36.8 Å². The molecule has 1 fully saturated rings. The summed E-state index contributed by atoms with van der Waals surface area (Å²) >= 11 is 0. The molecule has 0 radical (unpaired) electrons. The van der Waals surface area contributed by atoms with E-state index in [1.165, 1.54) is 50.9 Å². The van der Waals surface area contributed by atoms with Gasteiger partial charge in [0.2, 0.25) is 0 Å². The molecule has 1 unspecified atom stereocenters. The molecule has 1 heterocycles. The molecule has 1 aliphatic rings. The predicted octanol–water partition coefficient (Wildman–Crippen LogP) is 2.59. The third-order valence-electron chi connectivity index (χ3n) is 3.96. The SMILES string of the molecule is CC(Cc1ccccc1)NNCCCN1CCCCC1. The fraction of sp³-hybridized carbons (Fsp3) is 0.647. The lowest BCUT2D eigenvalue weighted by Crippen LogP contribution is -2.41. The largest absolute Gasteiger partial charge is 0.303 e. The Morgan fingerprint density at radius 1 is 1.10 bits per heavy atom. The monoisotopic (exact) mass is 275 g/mol. The second-order valence-electron chi connectivity index (χ2n) is 5.92. The Balaban J connectivity index is 1.50. The first-order valence-corrected chi connectivity index (χ1v) is 8.09. The van der Waals surface area contributed by atoms with Crippen LogP contribution in [0.4, 0.5) is 0 Å². The summed E-state index contributed by atoms with van der Waals surface area (Å²) in [4.78, 5) is 2.60. The smallest absolute Gasteiger partial charge is 0.0225 e. The molecule has 1 aliphatic heterocycles. The molecular weight excluding hydrogens is 246 g/mol. The molecule has 0 aliphatic carbocycles. The molecule has 2 rings (SSSR count). The third-order valence-corrected chi connectivity index (χ3v) is 3.96. The van der Waals surface area contributed by atoms with Gasteiger partial charge in [-0.15, -0.1) is 0 Å². The maximum absolute atomic E-state index is 3.40. The van der Waals surface area contributed by atoms with Crippen LogP contribution in [0.3, 0.4) is 0 Å². The predicted molar refractivity (Wildman–Crippen MR) is 85.7 cm³/mol. The van der Waals surface area contributed by atoms with Crippen molar-refractivity contribution >= 4 is 0 Å². The first-order valence-electron chi connectivity index (χ1n) is 8.09. The van der Waals surface area contributed by atoms with Crippen molar-refractivity contribution in [3.8, 4) is 0 Å². The highest BCUT2D eigenvalue weighted by molar-refractivity contribution is 5.15. The van der Waals surface area contributed by atoms with Crippen molar-refractivity contribution in [2.24, 2.45) is 0 Å². The first-order chi connectivity index (χ1) is 9.84. The molecule has 1 atom stereocenters. The number of rotatable bonds is 8. The van der Waals surface area contributed by atoms with Gasteiger partial charge in [-0.3, -0.25) is 10.9 Å². The summed E-state index contributed by atoms with van der Waals surface area (Å²) in [7, 11) is 0. The molecule has 1 aromatic rings. The topological polar surface area (TPSA) is 27.3 Å². The minimum absolute atomic E-state index is 0.465. The molecule has 0 spiro atoms. The Kier molecular flexibility index (Phi) is 7.06. The van der Waals surface area contributed by atoms with Gasteiger partial charge in [-0.2, -0.15) is 0 Å². The summed E-state index contributed by atoms with van der Waals surface area (Å²) in [5.74, 6) is 0. The maximum Gasteiger partial charge on any atom is 0.0225 e. The van der Waals surface area contributed by atoms with Gasteiger partial charge in [0.1, 0.15) is 0 Å². The van der Waals surface area contributed by atoms with Gasteiger partial charge in [0, 0.05) is 12.6 Å². The molecule has 0 saturated carbocycles. The minimum atomic E-state index is 0.465. The molecule has 1 aromatic carbocycles. The van der Waals surface area contributed by atoms with Crippen LogP contribution in [-0.2, 0) is 6.42 Å². The summed E-state index contributed by atoms with van der Waals surface area (Å²) in [5.41, 5.74) is 8.16. The second-order valence-corrected chi connectivity index (χ2v) is 5.92. The van der Waals surface area contributed by atoms with Crippen LogP contribution < -0.4 is 10.9 Å². The molecule has 112 valence electrons. The highest BCUT2D eigenvalue weighted by atomic mass is 15.4. The van der Waals surface area contributed by atoms with E-state index in [9.17, 15) is 0 Å². The number of benzene rings is 1. The van der Waals surface area contributed by atoms with Crippen LogP contribution in [0.1, 0.15) is 38.2 Å². The summed E-state index contributed by atoms with van der Waals surface area (Å²) in [6.45, 7) is 7.12. The molecule has 0 aromatic heterocycles. The summed E-state index contributed by atoms with van der Waals surface area (Å²) in [6, 6.07) is 11.1. The third kappa shape index (κ3) is 6.04. The minimum Gasteiger partial charge on any atom is -0.303 e. The number of piperidine rings is 1. The fourth-order valence-electron chi connectivity index (χ4n) is 2.84. The quantitative estimate of drug-likeness (QED) is 0.564. The van der Waals surface area contributed by atoms with Gasteiger partial charge >= 0.3 is 0 Å². The van der Waals surface area contributed by atoms with E-state index in [2.05, 4.69) is 53.0 Å². The van der Waals surface area contributed by atoms with Gasteiger partial charge in [-0.05, 0) is 57.8 Å². The second kappa shape index (κ2) is 9.11. The highest BCUT2D eigenvalue weighted by Gasteiger charge is 2.08. The first kappa shape index (κ1) is 15.5. The van der Waals surface area contributed by atoms with Crippen LogP contribution in [0.25, 0.3) is 0 Å². The van der Waals surface area contributed by atoms with E-state index in [1.54, 1.807) is 0 Å².